The molecule has 1 heterocycles. The molecule has 2 aromatic rings. The average molecular weight is 261 g/mol. The molecule has 0 bridgehead atoms. The van der Waals surface area contributed by atoms with Gasteiger partial charge in [-0.3, -0.25) is 4.79 Å². The minimum atomic E-state index is -0.939. The number of aliphatic carboxylic acids is 1. The van der Waals surface area contributed by atoms with E-state index in [-0.39, 0.29) is 13.0 Å². The number of aliphatic hydroxyl groups excluding tert-OH is 1. The van der Waals surface area contributed by atoms with E-state index in [1.165, 1.54) is 0 Å². The van der Waals surface area contributed by atoms with Gasteiger partial charge in [-0.15, -0.1) is 5.10 Å². The van der Waals surface area contributed by atoms with Crippen molar-refractivity contribution < 1.29 is 15.0 Å². The Morgan fingerprint density at radius 2 is 2.00 bits per heavy atom. The van der Waals surface area contributed by atoms with Crippen LogP contribution >= 0.6 is 0 Å². The molecule has 0 aliphatic carbocycles. The molecule has 0 fully saturated rings. The second kappa shape index (κ2) is 6.10. The van der Waals surface area contributed by atoms with E-state index in [9.17, 15) is 4.79 Å². The highest BCUT2D eigenvalue weighted by Crippen LogP contribution is 2.22. The molecule has 0 saturated heterocycles. The van der Waals surface area contributed by atoms with Crippen molar-refractivity contribution in [3.63, 3.8) is 0 Å². The molecule has 2 N–H and O–H groups in total. The van der Waals surface area contributed by atoms with E-state index >= 15 is 0 Å². The van der Waals surface area contributed by atoms with Crippen molar-refractivity contribution in [2.45, 2.75) is 19.4 Å². The van der Waals surface area contributed by atoms with Crippen LogP contribution in [0.3, 0.4) is 0 Å². The van der Waals surface area contributed by atoms with E-state index in [1.54, 1.807) is 4.68 Å². The molecule has 100 valence electrons. The minimum Gasteiger partial charge on any atom is -0.481 e. The fourth-order valence-electron chi connectivity index (χ4n) is 1.90. The van der Waals surface area contributed by atoms with E-state index in [0.29, 0.717) is 24.4 Å². The summed E-state index contributed by atoms with van der Waals surface area (Å²) >= 11 is 0. The Bertz CT molecular complexity index is 552. The van der Waals surface area contributed by atoms with Crippen molar-refractivity contribution in [2.75, 3.05) is 6.61 Å². The van der Waals surface area contributed by atoms with Gasteiger partial charge < -0.3 is 10.2 Å². The summed E-state index contributed by atoms with van der Waals surface area (Å²) in [5.74, 6) is -0.939. The number of carbonyl (C=O) groups is 1. The van der Waals surface area contributed by atoms with E-state index in [2.05, 4.69) is 10.3 Å². The molecule has 0 spiro atoms. The van der Waals surface area contributed by atoms with Crippen molar-refractivity contribution in [1.29, 1.82) is 0 Å². The zero-order valence-electron chi connectivity index (χ0n) is 10.4. The van der Waals surface area contributed by atoms with Crippen LogP contribution in [0, 0.1) is 0 Å². The van der Waals surface area contributed by atoms with Gasteiger partial charge >= 0.3 is 5.97 Å². The Morgan fingerprint density at radius 1 is 1.26 bits per heavy atom. The summed E-state index contributed by atoms with van der Waals surface area (Å²) in [5.41, 5.74) is 2.02. The number of aliphatic hydroxyl groups is 1. The lowest BCUT2D eigenvalue weighted by Gasteiger charge is -2.07. The maximum Gasteiger partial charge on any atom is 0.309 e. The Kier molecular flexibility index (Phi) is 4.25. The average Bonchev–Trinajstić information content (AvgIpc) is 2.79. The molecule has 1 aromatic carbocycles. The first-order valence-electron chi connectivity index (χ1n) is 6.03. The predicted octanol–water partition coefficient (Wildman–Crippen LogP) is 0.955. The van der Waals surface area contributed by atoms with Gasteiger partial charge in [0.05, 0.1) is 12.1 Å². The van der Waals surface area contributed by atoms with Crippen LogP contribution in [0.2, 0.25) is 0 Å². The van der Waals surface area contributed by atoms with Gasteiger partial charge in [-0.1, -0.05) is 35.5 Å². The molecule has 2 rings (SSSR count). The number of nitrogens with zero attached hydrogens (tertiary/aromatic N) is 3. The van der Waals surface area contributed by atoms with Gasteiger partial charge in [0.2, 0.25) is 0 Å². The van der Waals surface area contributed by atoms with Gasteiger partial charge in [0.1, 0.15) is 5.69 Å². The molecule has 0 unspecified atom stereocenters. The zero-order chi connectivity index (χ0) is 13.7. The lowest BCUT2D eigenvalue weighted by atomic mass is 10.1. The van der Waals surface area contributed by atoms with Crippen LogP contribution in [0.5, 0.6) is 0 Å². The summed E-state index contributed by atoms with van der Waals surface area (Å²) in [6, 6.07) is 9.42. The van der Waals surface area contributed by atoms with Crippen LogP contribution in [0.25, 0.3) is 11.3 Å². The normalized spacial score (nSPS) is 10.6. The van der Waals surface area contributed by atoms with Crippen LogP contribution in [0.4, 0.5) is 0 Å². The fourth-order valence-corrected chi connectivity index (χ4v) is 1.90. The number of hydrogen-bond donors (Lipinski definition) is 2. The first kappa shape index (κ1) is 13.2. The monoisotopic (exact) mass is 261 g/mol. The van der Waals surface area contributed by atoms with Crippen LogP contribution in [-0.4, -0.2) is 37.8 Å². The number of aryl methyl sites for hydroxylation is 1. The van der Waals surface area contributed by atoms with Crippen molar-refractivity contribution in [3.05, 3.63) is 36.0 Å². The van der Waals surface area contributed by atoms with Gasteiger partial charge in [-0.05, 0) is 6.42 Å². The SMILES string of the molecule is O=C(O)Cc1nnn(CCCO)c1-c1ccccc1. The highest BCUT2D eigenvalue weighted by atomic mass is 16.4. The number of carboxylic acid groups (broad SMARTS) is 1. The Balaban J connectivity index is 2.40. The summed E-state index contributed by atoms with van der Waals surface area (Å²) < 4.78 is 1.64. The lowest BCUT2D eigenvalue weighted by molar-refractivity contribution is -0.136. The highest BCUT2D eigenvalue weighted by molar-refractivity contribution is 5.73. The first-order chi connectivity index (χ1) is 9.22. The highest BCUT2D eigenvalue weighted by Gasteiger charge is 2.16. The Hall–Kier alpha value is -2.21. The van der Waals surface area contributed by atoms with Crippen LogP contribution in [0.15, 0.2) is 30.3 Å². The number of hydrogen-bond acceptors (Lipinski definition) is 4. The summed E-state index contributed by atoms with van der Waals surface area (Å²) in [4.78, 5) is 10.9. The van der Waals surface area contributed by atoms with Gasteiger partial charge in [0.25, 0.3) is 0 Å². The summed E-state index contributed by atoms with van der Waals surface area (Å²) in [6.07, 6.45) is 0.388. The van der Waals surface area contributed by atoms with Gasteiger partial charge in [-0.25, -0.2) is 4.68 Å². The molecule has 0 atom stereocenters. The van der Waals surface area contributed by atoms with E-state index in [1.807, 2.05) is 30.3 Å². The topological polar surface area (TPSA) is 88.2 Å². The quantitative estimate of drug-likeness (QED) is 0.808. The van der Waals surface area contributed by atoms with Gasteiger partial charge in [0, 0.05) is 18.7 Å². The molecule has 0 amide bonds. The molecule has 0 saturated carbocycles. The number of carboxylic acids is 1. The smallest absolute Gasteiger partial charge is 0.309 e. The molecular weight excluding hydrogens is 246 g/mol. The van der Waals surface area contributed by atoms with Crippen LogP contribution in [0.1, 0.15) is 12.1 Å². The van der Waals surface area contributed by atoms with E-state index < -0.39 is 5.97 Å². The lowest BCUT2D eigenvalue weighted by Crippen LogP contribution is -2.06. The summed E-state index contributed by atoms with van der Waals surface area (Å²) in [6.45, 7) is 0.565. The first-order valence-corrected chi connectivity index (χ1v) is 6.03. The molecular formula is C13H15N3O3. The molecule has 0 aliphatic heterocycles. The third kappa shape index (κ3) is 3.17. The molecule has 0 radical (unpaired) electrons. The Labute approximate surface area is 110 Å². The summed E-state index contributed by atoms with van der Waals surface area (Å²) in [7, 11) is 0. The zero-order valence-corrected chi connectivity index (χ0v) is 10.4. The number of aromatic nitrogens is 3. The maximum atomic E-state index is 10.9. The van der Waals surface area contributed by atoms with Gasteiger partial charge in [-0.2, -0.15) is 0 Å². The predicted molar refractivity (Wildman–Crippen MR) is 68.5 cm³/mol. The Morgan fingerprint density at radius 3 is 2.63 bits per heavy atom. The molecule has 6 nitrogen and oxygen atoms in total. The minimum absolute atomic E-state index is 0.0579. The molecule has 1 aromatic heterocycles. The van der Waals surface area contributed by atoms with Crippen LogP contribution < -0.4 is 0 Å². The third-order valence-electron chi connectivity index (χ3n) is 2.70. The summed E-state index contributed by atoms with van der Waals surface area (Å²) in [5, 5.41) is 25.7. The largest absolute Gasteiger partial charge is 0.481 e. The van der Waals surface area contributed by atoms with Crippen molar-refractivity contribution in [2.24, 2.45) is 0 Å². The molecule has 0 aliphatic rings. The fraction of sp³-hybridized carbons (Fsp3) is 0.308. The number of rotatable bonds is 6. The third-order valence-corrected chi connectivity index (χ3v) is 2.70. The van der Waals surface area contributed by atoms with E-state index in [4.69, 9.17) is 10.2 Å². The van der Waals surface area contributed by atoms with Crippen molar-refractivity contribution in [3.8, 4) is 11.3 Å². The van der Waals surface area contributed by atoms with Crippen LogP contribution in [-0.2, 0) is 17.8 Å². The van der Waals surface area contributed by atoms with Crippen molar-refractivity contribution in [1.82, 2.24) is 15.0 Å². The second-order valence-corrected chi connectivity index (χ2v) is 4.12. The second-order valence-electron chi connectivity index (χ2n) is 4.12. The maximum absolute atomic E-state index is 10.9. The standard InChI is InChI=1S/C13H15N3O3/c17-8-4-7-16-13(10-5-2-1-3-6-10)11(14-15-16)9-12(18)19/h1-3,5-6,17H,4,7-9H2,(H,18,19). The van der Waals surface area contributed by atoms with E-state index in [0.717, 1.165) is 5.56 Å². The van der Waals surface area contributed by atoms with Crippen molar-refractivity contribution >= 4 is 5.97 Å². The number of benzene rings is 1. The molecule has 19 heavy (non-hydrogen) atoms. The molecule has 6 heteroatoms. The van der Waals surface area contributed by atoms with Gasteiger partial charge in [0.15, 0.2) is 0 Å².